The van der Waals surface area contributed by atoms with E-state index in [-0.39, 0.29) is 10.3 Å². The topological polar surface area (TPSA) is 48.4 Å². The van der Waals surface area contributed by atoms with E-state index in [0.29, 0.717) is 4.34 Å². The summed E-state index contributed by atoms with van der Waals surface area (Å²) in [6, 6.07) is 0. The van der Waals surface area contributed by atoms with Crippen LogP contribution in [0.3, 0.4) is 0 Å². The quantitative estimate of drug-likeness (QED) is 0.575. The number of hydrogen-bond acceptors (Lipinski definition) is 5. The van der Waals surface area contributed by atoms with E-state index < -0.39 is 5.97 Å². The van der Waals surface area contributed by atoms with Gasteiger partial charge in [-0.2, -0.15) is 4.98 Å². The van der Waals surface area contributed by atoms with Gasteiger partial charge in [0.2, 0.25) is 0 Å². The van der Waals surface area contributed by atoms with Crippen LogP contribution in [0.4, 0.5) is 0 Å². The maximum absolute atomic E-state index is 10.3. The van der Waals surface area contributed by atoms with Crippen LogP contribution in [-0.4, -0.2) is 11.0 Å². The van der Waals surface area contributed by atoms with Gasteiger partial charge in [0.15, 0.2) is 5.15 Å². The Morgan fingerprint density at radius 2 is 2.25 bits per heavy atom. The van der Waals surface area contributed by atoms with E-state index in [1.54, 1.807) is 0 Å². The second kappa shape index (κ2) is 3.93. The number of nitrogens with zero attached hydrogens (tertiary/aromatic N) is 1. The molecule has 66 valence electrons. The molecule has 0 unspecified atom stereocenters. The molecule has 0 fully saturated rings. The van der Waals surface area contributed by atoms with Crippen molar-refractivity contribution in [3.63, 3.8) is 0 Å². The number of halogens is 2. The van der Waals surface area contributed by atoms with Gasteiger partial charge in [0.25, 0.3) is 0 Å². The monoisotopic (exact) mass is 227 g/mol. The second-order valence-electron chi connectivity index (χ2n) is 1.70. The van der Waals surface area contributed by atoms with Gasteiger partial charge in [-0.1, -0.05) is 34.5 Å². The summed E-state index contributed by atoms with van der Waals surface area (Å²) in [5.41, 5.74) is 0. The third-order valence-corrected chi connectivity index (χ3v) is 2.36. The molecule has 7 heteroatoms. The van der Waals surface area contributed by atoms with Crippen molar-refractivity contribution < 1.29 is 14.6 Å². The molecular weight excluding hydrogens is 225 g/mol. The molecule has 1 aromatic rings. The highest BCUT2D eigenvalue weighted by Gasteiger charge is 2.09. The summed E-state index contributed by atoms with van der Waals surface area (Å²) in [5, 5.41) is 0.226. The van der Waals surface area contributed by atoms with Crippen molar-refractivity contribution in [2.24, 2.45) is 0 Å². The largest absolute Gasteiger partial charge is 0.352 e. The van der Waals surface area contributed by atoms with Crippen molar-refractivity contribution in [3.8, 4) is 5.19 Å². The molecule has 0 aliphatic rings. The zero-order chi connectivity index (χ0) is 9.14. The zero-order valence-corrected chi connectivity index (χ0v) is 8.16. The van der Waals surface area contributed by atoms with Crippen LogP contribution in [0.1, 0.15) is 6.92 Å². The molecule has 0 N–H and O–H groups in total. The van der Waals surface area contributed by atoms with E-state index in [1.165, 1.54) is 6.92 Å². The Morgan fingerprint density at radius 1 is 1.58 bits per heavy atom. The van der Waals surface area contributed by atoms with Gasteiger partial charge in [-0.3, -0.25) is 4.89 Å². The Bertz CT molecular complexity index is 281. The fraction of sp³-hybridized carbons (Fsp3) is 0.200. The van der Waals surface area contributed by atoms with Crippen molar-refractivity contribution in [3.05, 3.63) is 9.49 Å². The summed E-state index contributed by atoms with van der Waals surface area (Å²) in [6.45, 7) is 1.21. The van der Waals surface area contributed by atoms with Gasteiger partial charge < -0.3 is 0 Å². The highest BCUT2D eigenvalue weighted by atomic mass is 35.5. The van der Waals surface area contributed by atoms with Gasteiger partial charge in [0.05, 0.1) is 0 Å². The van der Waals surface area contributed by atoms with Crippen LogP contribution in [0, 0.1) is 0 Å². The molecule has 0 aliphatic heterocycles. The summed E-state index contributed by atoms with van der Waals surface area (Å²) < 4.78 is 0.291. The number of carbonyl (C=O) groups excluding carboxylic acids is 1. The molecular formula is C5H3Cl2NO3S. The van der Waals surface area contributed by atoms with Gasteiger partial charge in [-0.05, 0) is 0 Å². The smallest absolute Gasteiger partial charge is 0.254 e. The molecule has 4 nitrogen and oxygen atoms in total. The van der Waals surface area contributed by atoms with E-state index >= 15 is 0 Å². The van der Waals surface area contributed by atoms with Gasteiger partial charge in [-0.15, -0.1) is 0 Å². The average Bonchev–Trinajstić information content (AvgIpc) is 2.28. The first kappa shape index (κ1) is 9.57. The number of thiazole rings is 1. The molecule has 0 saturated heterocycles. The molecule has 0 aromatic carbocycles. The molecule has 1 heterocycles. The van der Waals surface area contributed by atoms with E-state index in [4.69, 9.17) is 23.2 Å². The summed E-state index contributed by atoms with van der Waals surface area (Å²) >= 11 is 12.0. The first-order valence-corrected chi connectivity index (χ1v) is 4.33. The molecule has 0 amide bonds. The number of rotatable bonds is 2. The number of hydrogen-bond donors (Lipinski definition) is 0. The summed E-state index contributed by atoms with van der Waals surface area (Å²) in [7, 11) is 0. The van der Waals surface area contributed by atoms with Gasteiger partial charge >= 0.3 is 11.2 Å². The highest BCUT2D eigenvalue weighted by Crippen LogP contribution is 2.32. The normalized spacial score (nSPS) is 9.58. The summed E-state index contributed by atoms with van der Waals surface area (Å²) in [6.07, 6.45) is 0. The Labute approximate surface area is 81.9 Å². The van der Waals surface area contributed by atoms with Gasteiger partial charge in [0.1, 0.15) is 4.34 Å². The predicted octanol–water partition coefficient (Wildman–Crippen LogP) is 2.31. The molecule has 0 atom stereocenters. The van der Waals surface area contributed by atoms with Crippen molar-refractivity contribution in [1.82, 2.24) is 4.98 Å². The minimum absolute atomic E-state index is 0.0974. The summed E-state index contributed by atoms with van der Waals surface area (Å²) in [5.74, 6) is -0.572. The minimum atomic E-state index is -0.572. The molecule has 1 aromatic heterocycles. The lowest BCUT2D eigenvalue weighted by Gasteiger charge is -1.94. The van der Waals surface area contributed by atoms with Crippen LogP contribution in [0.5, 0.6) is 5.19 Å². The Morgan fingerprint density at radius 3 is 2.67 bits per heavy atom. The van der Waals surface area contributed by atoms with Crippen molar-refractivity contribution in [1.29, 1.82) is 0 Å². The first-order chi connectivity index (χ1) is 5.59. The maximum atomic E-state index is 10.3. The van der Waals surface area contributed by atoms with Gasteiger partial charge in [0, 0.05) is 6.92 Å². The SMILES string of the molecule is CC(=O)OOc1nc(Cl)c(Cl)s1. The van der Waals surface area contributed by atoms with Crippen molar-refractivity contribution in [2.75, 3.05) is 0 Å². The minimum Gasteiger partial charge on any atom is -0.254 e. The van der Waals surface area contributed by atoms with E-state index in [9.17, 15) is 4.79 Å². The molecule has 0 aliphatic carbocycles. The predicted molar refractivity (Wildman–Crippen MR) is 44.5 cm³/mol. The summed E-state index contributed by atoms with van der Waals surface area (Å²) in [4.78, 5) is 22.6. The Hall–Kier alpha value is -0.520. The fourth-order valence-electron chi connectivity index (χ4n) is 0.396. The lowest BCUT2D eigenvalue weighted by Crippen LogP contribution is -2.02. The highest BCUT2D eigenvalue weighted by molar-refractivity contribution is 7.18. The molecule has 12 heavy (non-hydrogen) atoms. The van der Waals surface area contributed by atoms with Crippen LogP contribution < -0.4 is 4.89 Å². The van der Waals surface area contributed by atoms with E-state index in [1.807, 2.05) is 0 Å². The van der Waals surface area contributed by atoms with Crippen LogP contribution in [0.15, 0.2) is 0 Å². The number of carbonyl (C=O) groups is 1. The molecule has 0 bridgehead atoms. The molecule has 0 saturated carbocycles. The third kappa shape index (κ3) is 2.51. The lowest BCUT2D eigenvalue weighted by molar-refractivity contribution is -0.210. The molecule has 0 radical (unpaired) electrons. The van der Waals surface area contributed by atoms with Crippen LogP contribution in [0.25, 0.3) is 0 Å². The van der Waals surface area contributed by atoms with Crippen LogP contribution in [-0.2, 0) is 9.68 Å². The van der Waals surface area contributed by atoms with E-state index in [2.05, 4.69) is 14.8 Å². The first-order valence-electron chi connectivity index (χ1n) is 2.76. The van der Waals surface area contributed by atoms with Crippen molar-refractivity contribution in [2.45, 2.75) is 6.92 Å². The average molecular weight is 228 g/mol. The Balaban J connectivity index is 2.58. The van der Waals surface area contributed by atoms with Crippen LogP contribution in [0.2, 0.25) is 9.49 Å². The van der Waals surface area contributed by atoms with Crippen LogP contribution >= 0.6 is 34.5 Å². The zero-order valence-electron chi connectivity index (χ0n) is 5.84. The Kier molecular flexibility index (Phi) is 3.13. The lowest BCUT2D eigenvalue weighted by atomic mass is 10.8. The fourth-order valence-corrected chi connectivity index (χ4v) is 1.37. The van der Waals surface area contributed by atoms with Gasteiger partial charge in [-0.25, -0.2) is 9.68 Å². The molecule has 1 rings (SSSR count). The standard InChI is InChI=1S/C5H3Cl2NO3S/c1-2(9)10-11-5-8-3(6)4(7)12-5/h1H3. The van der Waals surface area contributed by atoms with Crippen molar-refractivity contribution >= 4 is 40.5 Å². The maximum Gasteiger partial charge on any atom is 0.352 e. The molecule has 0 spiro atoms. The number of aromatic nitrogens is 1. The second-order valence-corrected chi connectivity index (χ2v) is 3.62. The van der Waals surface area contributed by atoms with E-state index in [0.717, 1.165) is 11.3 Å². The third-order valence-electron chi connectivity index (χ3n) is 0.759.